The molecule has 1 heterocycles. The second-order valence-corrected chi connectivity index (χ2v) is 4.74. The number of halogens is 2. The molecule has 0 saturated carbocycles. The van der Waals surface area contributed by atoms with Crippen molar-refractivity contribution in [3.8, 4) is 29.0 Å². The summed E-state index contributed by atoms with van der Waals surface area (Å²) < 4.78 is 48.0. The Bertz CT molecular complexity index is 945. The Morgan fingerprint density at radius 3 is 2.36 bits per heavy atom. The van der Waals surface area contributed by atoms with Crippen molar-refractivity contribution in [2.24, 2.45) is 0 Å². The summed E-state index contributed by atoms with van der Waals surface area (Å²) in [7, 11) is 2.84. The lowest BCUT2D eigenvalue weighted by atomic mass is 10.3. The van der Waals surface area contributed by atoms with Crippen molar-refractivity contribution in [1.82, 2.24) is 9.78 Å². The normalized spacial score (nSPS) is 10.6. The fraction of sp³-hybridized carbons (Fsp3) is 0.125. The van der Waals surface area contributed by atoms with E-state index in [0.29, 0.717) is 22.2 Å². The number of hydrogen-bond donors (Lipinski definition) is 0. The molecule has 0 aliphatic rings. The van der Waals surface area contributed by atoms with Crippen LogP contribution in [0.4, 0.5) is 8.78 Å². The first-order valence-corrected chi connectivity index (χ1v) is 6.98. The number of methoxy groups -OCH3 is 2. The van der Waals surface area contributed by atoms with E-state index in [4.69, 9.17) is 18.6 Å². The summed E-state index contributed by atoms with van der Waals surface area (Å²) in [5, 5.41) is 3.76. The molecule has 7 nitrogen and oxygen atoms in total. The van der Waals surface area contributed by atoms with Gasteiger partial charge in [-0.05, 0) is 24.3 Å². The Morgan fingerprint density at radius 2 is 1.76 bits per heavy atom. The number of nitrogens with zero attached hydrogens (tertiary/aromatic N) is 2. The molecule has 1 aromatic heterocycles. The molecule has 0 fully saturated rings. The zero-order chi connectivity index (χ0) is 18.0. The molecule has 3 rings (SSSR count). The second kappa shape index (κ2) is 6.63. The first-order chi connectivity index (χ1) is 12.0. The Labute approximate surface area is 140 Å². The van der Waals surface area contributed by atoms with Gasteiger partial charge in [-0.1, -0.05) is 11.2 Å². The van der Waals surface area contributed by atoms with Crippen LogP contribution in [0.1, 0.15) is 0 Å². The summed E-state index contributed by atoms with van der Waals surface area (Å²) in [4.78, 5) is 11.9. The van der Waals surface area contributed by atoms with E-state index in [1.807, 2.05) is 0 Å². The van der Waals surface area contributed by atoms with Crippen molar-refractivity contribution in [3.63, 3.8) is 0 Å². The molecule has 0 bridgehead atoms. The van der Waals surface area contributed by atoms with Gasteiger partial charge in [-0.15, -0.1) is 0 Å². The zero-order valence-corrected chi connectivity index (χ0v) is 13.2. The van der Waals surface area contributed by atoms with Gasteiger partial charge in [0.25, 0.3) is 0 Å². The van der Waals surface area contributed by atoms with Gasteiger partial charge in [0, 0.05) is 6.07 Å². The number of hydrogen-bond acceptors (Lipinski definition) is 6. The molecule has 0 N–H and O–H groups in total. The lowest BCUT2D eigenvalue weighted by molar-refractivity contribution is 0.286. The van der Waals surface area contributed by atoms with Crippen molar-refractivity contribution >= 4 is 0 Å². The molecule has 0 radical (unpaired) electrons. The van der Waals surface area contributed by atoms with E-state index in [0.717, 1.165) is 12.1 Å². The molecule has 0 aliphatic heterocycles. The number of rotatable bonds is 5. The van der Waals surface area contributed by atoms with E-state index in [9.17, 15) is 13.6 Å². The van der Waals surface area contributed by atoms with Gasteiger partial charge in [0.2, 0.25) is 5.75 Å². The second-order valence-electron chi connectivity index (χ2n) is 4.74. The maximum atomic E-state index is 13.8. The Hall–Kier alpha value is -3.36. The van der Waals surface area contributed by atoms with E-state index in [1.165, 1.54) is 14.2 Å². The van der Waals surface area contributed by atoms with Crippen LogP contribution in [0.2, 0.25) is 0 Å². The summed E-state index contributed by atoms with van der Waals surface area (Å²) in [6.45, 7) is 0. The molecule has 0 unspecified atom stereocenters. The van der Waals surface area contributed by atoms with Gasteiger partial charge in [-0.25, -0.2) is 13.6 Å². The summed E-state index contributed by atoms with van der Waals surface area (Å²) in [5.41, 5.74) is -0.281. The predicted octanol–water partition coefficient (Wildman–Crippen LogP) is 2.91. The lowest BCUT2D eigenvalue weighted by Crippen LogP contribution is -2.15. The molecule has 0 aliphatic carbocycles. The first kappa shape index (κ1) is 16.5. The highest BCUT2D eigenvalue weighted by Gasteiger charge is 2.19. The van der Waals surface area contributed by atoms with E-state index in [1.54, 1.807) is 18.2 Å². The molecule has 25 heavy (non-hydrogen) atoms. The van der Waals surface area contributed by atoms with Crippen LogP contribution in [0.25, 0.3) is 5.69 Å². The largest absolute Gasteiger partial charge is 0.493 e. The summed E-state index contributed by atoms with van der Waals surface area (Å²) in [6.07, 6.45) is -0.462. The molecule has 0 saturated heterocycles. The third-order valence-corrected chi connectivity index (χ3v) is 3.24. The number of benzene rings is 2. The van der Waals surface area contributed by atoms with Crippen LogP contribution < -0.4 is 20.0 Å². The van der Waals surface area contributed by atoms with Crippen molar-refractivity contribution in [1.29, 1.82) is 0 Å². The highest BCUT2D eigenvalue weighted by atomic mass is 19.1. The highest BCUT2D eigenvalue weighted by Crippen LogP contribution is 2.39. The smallest absolute Gasteiger partial charge is 0.444 e. The molecular formula is C16H12F2N2O5. The summed E-state index contributed by atoms with van der Waals surface area (Å²) in [6, 6.07) is 7.55. The third-order valence-electron chi connectivity index (χ3n) is 3.24. The third kappa shape index (κ3) is 3.16. The molecular weight excluding hydrogens is 338 g/mol. The maximum Gasteiger partial charge on any atom is 0.444 e. The van der Waals surface area contributed by atoms with Crippen LogP contribution in [0.15, 0.2) is 45.6 Å². The molecule has 3 aromatic rings. The summed E-state index contributed by atoms with van der Waals surface area (Å²) in [5.74, 6) is -2.02. The maximum absolute atomic E-state index is 13.8. The lowest BCUT2D eigenvalue weighted by Gasteiger charge is -2.10. The SMILES string of the molecule is COc1cccc(OC)c1Oc1nn(-c2ccc(F)cc2F)c(=O)o1. The standard InChI is InChI=1S/C16H12F2N2O5/c1-22-12-4-3-5-13(23-2)14(12)24-15-19-20(16(21)25-15)11-7-6-9(17)8-10(11)18/h3-8H,1-2H3. The van der Waals surface area contributed by atoms with Crippen LogP contribution in [0.3, 0.4) is 0 Å². The molecule has 0 spiro atoms. The quantitative estimate of drug-likeness (QED) is 0.704. The predicted molar refractivity (Wildman–Crippen MR) is 81.6 cm³/mol. The van der Waals surface area contributed by atoms with Crippen molar-refractivity contribution in [2.45, 2.75) is 0 Å². The number of aromatic nitrogens is 2. The average molecular weight is 350 g/mol. The van der Waals surface area contributed by atoms with Gasteiger partial charge in [0.15, 0.2) is 17.3 Å². The minimum Gasteiger partial charge on any atom is -0.493 e. The van der Waals surface area contributed by atoms with Gasteiger partial charge < -0.3 is 18.6 Å². The average Bonchev–Trinajstić information content (AvgIpc) is 2.95. The van der Waals surface area contributed by atoms with Crippen molar-refractivity contribution in [3.05, 3.63) is 58.6 Å². The molecule has 0 amide bonds. The molecule has 0 atom stereocenters. The van der Waals surface area contributed by atoms with Gasteiger partial charge in [-0.2, -0.15) is 4.68 Å². The van der Waals surface area contributed by atoms with Gasteiger partial charge in [0.1, 0.15) is 11.5 Å². The van der Waals surface area contributed by atoms with Crippen LogP contribution in [0.5, 0.6) is 23.3 Å². The zero-order valence-electron chi connectivity index (χ0n) is 13.2. The van der Waals surface area contributed by atoms with Crippen LogP contribution in [-0.2, 0) is 0 Å². The summed E-state index contributed by atoms with van der Waals surface area (Å²) >= 11 is 0. The van der Waals surface area contributed by atoms with E-state index in [2.05, 4.69) is 5.10 Å². The van der Waals surface area contributed by atoms with Crippen LogP contribution >= 0.6 is 0 Å². The molecule has 2 aromatic carbocycles. The van der Waals surface area contributed by atoms with Gasteiger partial charge >= 0.3 is 11.8 Å². The van der Waals surface area contributed by atoms with Gasteiger partial charge in [-0.3, -0.25) is 0 Å². The first-order valence-electron chi connectivity index (χ1n) is 6.98. The fourth-order valence-electron chi connectivity index (χ4n) is 2.11. The topological polar surface area (TPSA) is 75.7 Å². The Morgan fingerprint density at radius 1 is 1.08 bits per heavy atom. The molecule has 130 valence electrons. The van der Waals surface area contributed by atoms with E-state index in [-0.39, 0.29) is 11.4 Å². The molecule has 9 heteroatoms. The highest BCUT2D eigenvalue weighted by molar-refractivity contribution is 5.52. The monoisotopic (exact) mass is 350 g/mol. The van der Waals surface area contributed by atoms with Crippen LogP contribution in [0, 0.1) is 11.6 Å². The van der Waals surface area contributed by atoms with Crippen molar-refractivity contribution < 1.29 is 27.4 Å². The van der Waals surface area contributed by atoms with Crippen molar-refractivity contribution in [2.75, 3.05) is 14.2 Å². The number of ether oxygens (including phenoxy) is 3. The minimum absolute atomic E-state index is 0.125. The Balaban J connectivity index is 2.01. The van der Waals surface area contributed by atoms with Crippen LogP contribution in [-0.4, -0.2) is 24.0 Å². The van der Waals surface area contributed by atoms with Gasteiger partial charge in [0.05, 0.1) is 14.2 Å². The fourth-order valence-corrected chi connectivity index (χ4v) is 2.11. The van der Waals surface area contributed by atoms with E-state index < -0.39 is 23.5 Å². The van der Waals surface area contributed by atoms with E-state index >= 15 is 0 Å². The Kier molecular flexibility index (Phi) is 4.38. The minimum atomic E-state index is -1.01. The number of para-hydroxylation sites is 1.